The number of carbonyl (C=O) groups is 2. The van der Waals surface area contributed by atoms with Gasteiger partial charge in [-0.2, -0.15) is 0 Å². The normalized spacial score (nSPS) is 13.3. The number of nitrogens with zero attached hydrogens (tertiary/aromatic N) is 1. The monoisotopic (exact) mass is 351 g/mol. The van der Waals surface area contributed by atoms with Crippen molar-refractivity contribution in [3.63, 3.8) is 0 Å². The predicted molar refractivity (Wildman–Crippen MR) is 93.0 cm³/mol. The highest BCUT2D eigenvalue weighted by Crippen LogP contribution is 2.13. The van der Waals surface area contributed by atoms with Crippen molar-refractivity contribution in [2.24, 2.45) is 5.92 Å². The number of hydrogen-bond acceptors (Lipinski definition) is 5. The maximum atomic E-state index is 12.4. The largest absolute Gasteiger partial charge is 0.480 e. The lowest BCUT2D eigenvalue weighted by Crippen LogP contribution is -2.51. The molecule has 8 heteroatoms. The molecule has 0 radical (unpaired) electrons. The smallest absolute Gasteiger partial charge is 0.320 e. The fourth-order valence-corrected chi connectivity index (χ4v) is 2.42. The van der Waals surface area contributed by atoms with E-state index in [1.165, 1.54) is 12.1 Å². The molecule has 0 aromatic heterocycles. The van der Waals surface area contributed by atoms with E-state index in [0.717, 1.165) is 0 Å². The van der Waals surface area contributed by atoms with E-state index in [2.05, 4.69) is 10.6 Å². The highest BCUT2D eigenvalue weighted by Gasteiger charge is 2.25. The summed E-state index contributed by atoms with van der Waals surface area (Å²) in [4.78, 5) is 33.9. The van der Waals surface area contributed by atoms with Crippen LogP contribution in [0.4, 0.5) is 5.69 Å². The van der Waals surface area contributed by atoms with E-state index >= 15 is 0 Å². The molecule has 0 spiro atoms. The van der Waals surface area contributed by atoms with Crippen LogP contribution in [0.5, 0.6) is 0 Å². The summed E-state index contributed by atoms with van der Waals surface area (Å²) in [7, 11) is 0. The fourth-order valence-electron chi connectivity index (χ4n) is 2.42. The number of rotatable bonds is 10. The topological polar surface area (TPSA) is 122 Å². The van der Waals surface area contributed by atoms with E-state index in [-0.39, 0.29) is 24.1 Å². The van der Waals surface area contributed by atoms with Gasteiger partial charge in [-0.25, -0.2) is 0 Å². The molecule has 1 amide bonds. The van der Waals surface area contributed by atoms with Gasteiger partial charge in [0, 0.05) is 18.7 Å². The molecule has 1 aromatic rings. The first kappa shape index (κ1) is 20.6. The summed E-state index contributed by atoms with van der Waals surface area (Å²) in [6, 6.07) is 4.59. The Kier molecular flexibility index (Phi) is 8.00. The van der Waals surface area contributed by atoms with Gasteiger partial charge in [0.05, 0.1) is 11.0 Å². The van der Waals surface area contributed by atoms with Crippen LogP contribution >= 0.6 is 0 Å². The van der Waals surface area contributed by atoms with Gasteiger partial charge in [-0.3, -0.25) is 25.0 Å². The van der Waals surface area contributed by atoms with Gasteiger partial charge < -0.3 is 10.4 Å². The molecule has 8 nitrogen and oxygen atoms in total. The number of aliphatic carboxylic acids is 1. The van der Waals surface area contributed by atoms with Crippen LogP contribution < -0.4 is 10.6 Å². The molecule has 0 aliphatic carbocycles. The van der Waals surface area contributed by atoms with Gasteiger partial charge in [0.1, 0.15) is 6.04 Å². The molecule has 3 N–H and O–H groups in total. The highest BCUT2D eigenvalue weighted by atomic mass is 16.6. The molecule has 25 heavy (non-hydrogen) atoms. The quantitative estimate of drug-likeness (QED) is 0.438. The third-order valence-corrected chi connectivity index (χ3v) is 3.72. The Morgan fingerprint density at radius 1 is 1.28 bits per heavy atom. The minimum atomic E-state index is -0.997. The van der Waals surface area contributed by atoms with E-state index in [0.29, 0.717) is 18.4 Å². The molecule has 0 bridgehead atoms. The summed E-state index contributed by atoms with van der Waals surface area (Å²) >= 11 is 0. The number of hydrogen-bond donors (Lipinski definition) is 3. The van der Waals surface area contributed by atoms with E-state index < -0.39 is 23.0 Å². The van der Waals surface area contributed by atoms with Crippen molar-refractivity contribution in [3.8, 4) is 0 Å². The average molecular weight is 351 g/mol. The molecule has 2 atom stereocenters. The van der Waals surface area contributed by atoms with Crippen molar-refractivity contribution < 1.29 is 19.6 Å². The van der Waals surface area contributed by atoms with Crippen LogP contribution in [0.1, 0.15) is 39.2 Å². The molecule has 0 saturated carbocycles. The van der Waals surface area contributed by atoms with Crippen molar-refractivity contribution >= 4 is 17.6 Å². The number of nitro groups is 1. The number of benzene rings is 1. The lowest BCUT2D eigenvalue weighted by molar-refractivity contribution is -0.384. The molecule has 0 aliphatic rings. The van der Waals surface area contributed by atoms with Gasteiger partial charge in [0.15, 0.2) is 0 Å². The molecule has 0 saturated heterocycles. The molecular formula is C17H25N3O5. The summed E-state index contributed by atoms with van der Waals surface area (Å²) in [5.74, 6) is -1.12. The molecule has 0 aliphatic heterocycles. The van der Waals surface area contributed by atoms with E-state index in [1.54, 1.807) is 19.1 Å². The predicted octanol–water partition coefficient (Wildman–Crippen LogP) is 2.08. The first-order valence-electron chi connectivity index (χ1n) is 8.24. The number of nitrogens with one attached hydrogen (secondary N) is 2. The van der Waals surface area contributed by atoms with Crippen LogP contribution in [0.2, 0.25) is 0 Å². The molecule has 0 fully saturated rings. The molecule has 1 aromatic carbocycles. The van der Waals surface area contributed by atoms with Crippen molar-refractivity contribution in [3.05, 3.63) is 39.9 Å². The zero-order valence-corrected chi connectivity index (χ0v) is 14.7. The Balaban J connectivity index is 2.76. The Bertz CT molecular complexity index is 618. The maximum Gasteiger partial charge on any atom is 0.320 e. The maximum absolute atomic E-state index is 12.4. The van der Waals surface area contributed by atoms with Gasteiger partial charge in [0.2, 0.25) is 5.91 Å². The van der Waals surface area contributed by atoms with Crippen LogP contribution in [0, 0.1) is 16.0 Å². The SMILES string of the molecule is CCC(NC(CC(C)C)C(=O)NCc1cccc([N+](=O)[O-])c1)C(=O)O. The van der Waals surface area contributed by atoms with Crippen LogP contribution in [-0.2, 0) is 16.1 Å². The molecule has 1 rings (SSSR count). The van der Waals surface area contributed by atoms with Crippen LogP contribution in [0.25, 0.3) is 0 Å². The van der Waals surface area contributed by atoms with Gasteiger partial charge in [-0.15, -0.1) is 0 Å². The Morgan fingerprint density at radius 2 is 1.96 bits per heavy atom. The molecule has 0 heterocycles. The molecule has 2 unspecified atom stereocenters. The van der Waals surface area contributed by atoms with Crippen LogP contribution in [0.3, 0.4) is 0 Å². The number of carbonyl (C=O) groups excluding carboxylic acids is 1. The summed E-state index contributed by atoms with van der Waals surface area (Å²) < 4.78 is 0. The second kappa shape index (κ2) is 9.73. The fraction of sp³-hybridized carbons (Fsp3) is 0.529. The highest BCUT2D eigenvalue weighted by molar-refractivity contribution is 5.83. The zero-order valence-electron chi connectivity index (χ0n) is 14.7. The average Bonchev–Trinajstić information content (AvgIpc) is 2.55. The van der Waals surface area contributed by atoms with Crippen molar-refractivity contribution in [1.82, 2.24) is 10.6 Å². The van der Waals surface area contributed by atoms with Gasteiger partial charge in [-0.1, -0.05) is 32.9 Å². The van der Waals surface area contributed by atoms with Gasteiger partial charge >= 0.3 is 5.97 Å². The number of carboxylic acid groups (broad SMARTS) is 1. The van der Waals surface area contributed by atoms with E-state index in [9.17, 15) is 24.8 Å². The lowest BCUT2D eigenvalue weighted by atomic mass is 10.0. The van der Waals surface area contributed by atoms with E-state index in [4.69, 9.17) is 0 Å². The van der Waals surface area contributed by atoms with Gasteiger partial charge in [-0.05, 0) is 24.3 Å². The minimum Gasteiger partial charge on any atom is -0.480 e. The summed E-state index contributed by atoms with van der Waals surface area (Å²) in [5, 5.41) is 25.6. The lowest BCUT2D eigenvalue weighted by Gasteiger charge is -2.23. The van der Waals surface area contributed by atoms with Crippen molar-refractivity contribution in [2.75, 3.05) is 0 Å². The first-order valence-corrected chi connectivity index (χ1v) is 8.24. The summed E-state index contributed by atoms with van der Waals surface area (Å²) in [6.45, 7) is 5.77. The Labute approximate surface area is 146 Å². The molecule has 138 valence electrons. The third kappa shape index (κ3) is 6.88. The van der Waals surface area contributed by atoms with Crippen LogP contribution in [0.15, 0.2) is 24.3 Å². The number of carboxylic acids is 1. The second-order valence-electron chi connectivity index (χ2n) is 6.29. The molecular weight excluding hydrogens is 326 g/mol. The number of nitro benzene ring substituents is 1. The Hall–Kier alpha value is -2.48. The van der Waals surface area contributed by atoms with Crippen molar-refractivity contribution in [2.45, 2.75) is 52.2 Å². The summed E-state index contributed by atoms with van der Waals surface area (Å²) in [6.07, 6.45) is 0.854. The van der Waals surface area contributed by atoms with Crippen LogP contribution in [-0.4, -0.2) is 34.0 Å². The van der Waals surface area contributed by atoms with Crippen molar-refractivity contribution in [1.29, 1.82) is 0 Å². The number of amides is 1. The third-order valence-electron chi connectivity index (χ3n) is 3.72. The standard InChI is InChI=1S/C17H25N3O5/c1-4-14(17(22)23)19-15(8-11(2)3)16(21)18-10-12-6-5-7-13(9-12)20(24)25/h5-7,9,11,14-15,19H,4,8,10H2,1-3H3,(H,18,21)(H,22,23). The number of non-ortho nitro benzene ring substituents is 1. The minimum absolute atomic E-state index is 0.0412. The second-order valence-corrected chi connectivity index (χ2v) is 6.29. The Morgan fingerprint density at radius 3 is 2.48 bits per heavy atom. The van der Waals surface area contributed by atoms with Gasteiger partial charge in [0.25, 0.3) is 5.69 Å². The first-order chi connectivity index (χ1) is 11.7. The summed E-state index contributed by atoms with van der Waals surface area (Å²) in [5.41, 5.74) is 0.566. The van der Waals surface area contributed by atoms with E-state index in [1.807, 2.05) is 13.8 Å². The zero-order chi connectivity index (χ0) is 19.0.